The Morgan fingerprint density at radius 3 is 2.42 bits per heavy atom. The number of hydrogen-bond donors (Lipinski definition) is 1. The van der Waals surface area contributed by atoms with Crippen molar-refractivity contribution in [3.63, 3.8) is 0 Å². The number of carbonyl (C=O) groups excluding carboxylic acids is 2. The van der Waals surface area contributed by atoms with Crippen molar-refractivity contribution in [1.29, 1.82) is 0 Å². The fraction of sp³-hybridized carbons (Fsp3) is 0.158. The number of carbonyl (C=O) groups is 2. The zero-order valence-electron chi connectivity index (χ0n) is 13.5. The van der Waals surface area contributed by atoms with Crippen molar-refractivity contribution >= 4 is 17.8 Å². The number of halogens is 4. The van der Waals surface area contributed by atoms with Gasteiger partial charge in [-0.05, 0) is 41.0 Å². The van der Waals surface area contributed by atoms with Crippen LogP contribution in [0.4, 0.5) is 17.6 Å². The lowest BCUT2D eigenvalue weighted by Gasteiger charge is -2.09. The molecular weight excluding hydrogens is 350 g/mol. The van der Waals surface area contributed by atoms with Crippen LogP contribution in [0.2, 0.25) is 0 Å². The summed E-state index contributed by atoms with van der Waals surface area (Å²) in [6, 6.07) is 8.65. The summed E-state index contributed by atoms with van der Waals surface area (Å²) in [5.74, 6) is -1.91. The third-order valence-electron chi connectivity index (χ3n) is 3.55. The highest BCUT2D eigenvalue weighted by atomic mass is 19.4. The smallest absolute Gasteiger partial charge is 0.366 e. The highest BCUT2D eigenvalue weighted by Crippen LogP contribution is 2.30. The van der Waals surface area contributed by atoms with E-state index in [-0.39, 0.29) is 12.0 Å². The Bertz CT molecular complexity index is 857. The second-order valence-corrected chi connectivity index (χ2v) is 5.68. The standard InChI is InChI=1S/C19H15F4NO2/c20-17-6-5-15(19(21,22)23)10-14(17)11-16(25)9-13-3-1-2-12(8-13)4-7-18(24)26/h1-8,10H,9,11H2,(H2,24,26)/b7-4+. The van der Waals surface area contributed by atoms with Gasteiger partial charge in [0.2, 0.25) is 5.91 Å². The van der Waals surface area contributed by atoms with Crippen LogP contribution in [-0.2, 0) is 28.6 Å². The molecule has 0 aliphatic heterocycles. The molecular formula is C19H15F4NO2. The maximum absolute atomic E-state index is 13.7. The third kappa shape index (κ3) is 5.54. The first-order chi connectivity index (χ1) is 12.1. The van der Waals surface area contributed by atoms with E-state index in [1.54, 1.807) is 24.3 Å². The van der Waals surface area contributed by atoms with E-state index in [0.29, 0.717) is 29.3 Å². The van der Waals surface area contributed by atoms with E-state index in [0.717, 1.165) is 0 Å². The Labute approximate surface area is 147 Å². The molecule has 0 aliphatic carbocycles. The molecule has 2 aromatic carbocycles. The number of rotatable bonds is 6. The van der Waals surface area contributed by atoms with E-state index in [2.05, 4.69) is 0 Å². The minimum Gasteiger partial charge on any atom is -0.366 e. The van der Waals surface area contributed by atoms with E-state index in [9.17, 15) is 27.2 Å². The van der Waals surface area contributed by atoms with E-state index in [1.165, 1.54) is 12.2 Å². The topological polar surface area (TPSA) is 60.2 Å². The van der Waals surface area contributed by atoms with E-state index in [1.807, 2.05) is 0 Å². The maximum Gasteiger partial charge on any atom is 0.416 e. The van der Waals surface area contributed by atoms with Crippen molar-refractivity contribution < 1.29 is 27.2 Å². The molecule has 0 radical (unpaired) electrons. The molecule has 0 saturated heterocycles. The van der Waals surface area contributed by atoms with Crippen molar-refractivity contribution in [3.05, 3.63) is 76.6 Å². The first-order valence-electron chi connectivity index (χ1n) is 7.59. The first-order valence-corrected chi connectivity index (χ1v) is 7.59. The van der Waals surface area contributed by atoms with Crippen LogP contribution in [0.5, 0.6) is 0 Å². The summed E-state index contributed by atoms with van der Waals surface area (Å²) < 4.78 is 51.9. The fourth-order valence-electron chi connectivity index (χ4n) is 2.37. The number of primary amides is 1. The van der Waals surface area contributed by atoms with Gasteiger partial charge < -0.3 is 5.73 Å². The number of ketones is 1. The molecule has 0 heterocycles. The average molecular weight is 365 g/mol. The molecule has 0 atom stereocenters. The Balaban J connectivity index is 2.12. The van der Waals surface area contributed by atoms with Crippen LogP contribution in [-0.4, -0.2) is 11.7 Å². The van der Waals surface area contributed by atoms with Gasteiger partial charge in [-0.25, -0.2) is 4.39 Å². The van der Waals surface area contributed by atoms with Gasteiger partial charge in [0.1, 0.15) is 11.6 Å². The monoisotopic (exact) mass is 365 g/mol. The molecule has 2 rings (SSSR count). The number of Topliss-reactive ketones (excluding diaryl/α,β-unsaturated/α-hetero) is 1. The van der Waals surface area contributed by atoms with Crippen molar-refractivity contribution in [2.45, 2.75) is 19.0 Å². The summed E-state index contributed by atoms with van der Waals surface area (Å²) in [6.45, 7) is 0. The van der Waals surface area contributed by atoms with Gasteiger partial charge in [0.25, 0.3) is 0 Å². The van der Waals surface area contributed by atoms with Gasteiger partial charge in [-0.15, -0.1) is 0 Å². The third-order valence-corrected chi connectivity index (χ3v) is 3.55. The predicted octanol–water partition coefficient (Wildman–Crippen LogP) is 3.70. The highest BCUT2D eigenvalue weighted by molar-refractivity contribution is 5.90. The number of alkyl halides is 3. The predicted molar refractivity (Wildman–Crippen MR) is 88.5 cm³/mol. The number of amides is 1. The van der Waals surface area contributed by atoms with Crippen LogP contribution in [0.1, 0.15) is 22.3 Å². The van der Waals surface area contributed by atoms with Gasteiger partial charge in [-0.3, -0.25) is 9.59 Å². The van der Waals surface area contributed by atoms with Crippen LogP contribution >= 0.6 is 0 Å². The van der Waals surface area contributed by atoms with Crippen LogP contribution in [0, 0.1) is 5.82 Å². The van der Waals surface area contributed by atoms with E-state index >= 15 is 0 Å². The van der Waals surface area contributed by atoms with Crippen LogP contribution in [0.15, 0.2) is 48.5 Å². The Kier molecular flexibility index (Phi) is 5.92. The minimum absolute atomic E-state index is 0.0755. The van der Waals surface area contributed by atoms with Gasteiger partial charge in [0, 0.05) is 18.9 Å². The molecule has 7 heteroatoms. The second kappa shape index (κ2) is 7.95. The van der Waals surface area contributed by atoms with E-state index in [4.69, 9.17) is 5.73 Å². The summed E-state index contributed by atoms with van der Waals surface area (Å²) in [5.41, 5.74) is 4.94. The summed E-state index contributed by atoms with van der Waals surface area (Å²) >= 11 is 0. The minimum atomic E-state index is -4.60. The largest absolute Gasteiger partial charge is 0.416 e. The molecule has 3 nitrogen and oxygen atoms in total. The second-order valence-electron chi connectivity index (χ2n) is 5.68. The zero-order valence-corrected chi connectivity index (χ0v) is 13.5. The molecule has 2 N–H and O–H groups in total. The van der Waals surface area contributed by atoms with Crippen LogP contribution in [0.3, 0.4) is 0 Å². The summed E-state index contributed by atoms with van der Waals surface area (Å²) in [6.07, 6.45) is -2.49. The van der Waals surface area contributed by atoms with Gasteiger partial charge in [0.05, 0.1) is 5.56 Å². The summed E-state index contributed by atoms with van der Waals surface area (Å²) in [4.78, 5) is 22.9. The SMILES string of the molecule is NC(=O)/C=C/c1cccc(CC(=O)Cc2cc(C(F)(F)F)ccc2F)c1. The maximum atomic E-state index is 13.7. The van der Waals surface area contributed by atoms with Gasteiger partial charge in [0.15, 0.2) is 0 Å². The van der Waals surface area contributed by atoms with Crippen LogP contribution in [0.25, 0.3) is 6.08 Å². The van der Waals surface area contributed by atoms with E-state index < -0.39 is 35.7 Å². The number of benzene rings is 2. The lowest BCUT2D eigenvalue weighted by atomic mass is 9.99. The van der Waals surface area contributed by atoms with Gasteiger partial charge in [-0.2, -0.15) is 13.2 Å². The molecule has 136 valence electrons. The molecule has 26 heavy (non-hydrogen) atoms. The molecule has 0 aliphatic rings. The fourth-order valence-corrected chi connectivity index (χ4v) is 2.37. The highest BCUT2D eigenvalue weighted by Gasteiger charge is 2.31. The van der Waals surface area contributed by atoms with Crippen molar-refractivity contribution in [3.8, 4) is 0 Å². The van der Waals surface area contributed by atoms with Crippen molar-refractivity contribution in [1.82, 2.24) is 0 Å². The number of hydrogen-bond acceptors (Lipinski definition) is 2. The average Bonchev–Trinajstić information content (AvgIpc) is 2.54. The molecule has 0 fully saturated rings. The van der Waals surface area contributed by atoms with Crippen molar-refractivity contribution in [2.24, 2.45) is 5.73 Å². The van der Waals surface area contributed by atoms with Crippen LogP contribution < -0.4 is 5.73 Å². The lowest BCUT2D eigenvalue weighted by molar-refractivity contribution is -0.137. The molecule has 0 aromatic heterocycles. The zero-order chi connectivity index (χ0) is 19.3. The quantitative estimate of drug-likeness (QED) is 0.627. The lowest BCUT2D eigenvalue weighted by Crippen LogP contribution is -2.11. The number of nitrogens with two attached hydrogens (primary N) is 1. The van der Waals surface area contributed by atoms with Crippen molar-refractivity contribution in [2.75, 3.05) is 0 Å². The molecule has 1 amide bonds. The Hall–Kier alpha value is -2.96. The normalized spacial score (nSPS) is 11.7. The molecule has 0 saturated carbocycles. The Morgan fingerprint density at radius 1 is 1.04 bits per heavy atom. The Morgan fingerprint density at radius 2 is 1.77 bits per heavy atom. The van der Waals surface area contributed by atoms with Gasteiger partial charge in [-0.1, -0.05) is 24.3 Å². The van der Waals surface area contributed by atoms with Gasteiger partial charge >= 0.3 is 6.18 Å². The molecule has 2 aromatic rings. The molecule has 0 bridgehead atoms. The molecule has 0 spiro atoms. The summed E-state index contributed by atoms with van der Waals surface area (Å²) in [5, 5.41) is 0. The first kappa shape index (κ1) is 19.4. The molecule has 0 unspecified atom stereocenters. The summed E-state index contributed by atoms with van der Waals surface area (Å²) in [7, 11) is 0.